The fraction of sp³-hybridized carbons (Fsp3) is 0.318. The summed E-state index contributed by atoms with van der Waals surface area (Å²) in [5.41, 5.74) is 1.13. The number of fused-ring (bicyclic) bond motifs is 1. The van der Waals surface area contributed by atoms with Gasteiger partial charge in [0.1, 0.15) is 12.7 Å². The van der Waals surface area contributed by atoms with Gasteiger partial charge in [-0.25, -0.2) is 13.2 Å². The second-order valence-corrected chi connectivity index (χ2v) is 10.0. The third kappa shape index (κ3) is 6.10. The quantitative estimate of drug-likeness (QED) is 0.291. The van der Waals surface area contributed by atoms with Crippen molar-refractivity contribution in [3.05, 3.63) is 64.8 Å². The van der Waals surface area contributed by atoms with Gasteiger partial charge in [-0.2, -0.15) is 4.31 Å². The smallest absolute Gasteiger partial charge is 0.411 e. The Balaban J connectivity index is 1.64. The number of non-ortho nitro benzene ring substituents is 1. The number of aromatic amines is 1. The number of H-pyrrole nitrogens is 1. The normalized spacial score (nSPS) is 12.7. The van der Waals surface area contributed by atoms with E-state index in [0.29, 0.717) is 5.69 Å². The molecule has 1 aromatic heterocycles. The van der Waals surface area contributed by atoms with Crippen molar-refractivity contribution in [3.8, 4) is 0 Å². The van der Waals surface area contributed by atoms with Gasteiger partial charge in [-0.05, 0) is 36.2 Å². The second kappa shape index (κ2) is 10.6. The van der Waals surface area contributed by atoms with Gasteiger partial charge in [-0.1, -0.05) is 19.9 Å². The maximum Gasteiger partial charge on any atom is 0.411 e. The van der Waals surface area contributed by atoms with Crippen LogP contribution in [0.15, 0.2) is 59.6 Å². The molecule has 0 aliphatic carbocycles. The number of hydrogen-bond acceptors (Lipinski definition) is 7. The SMILES string of the molecule is CC(C)CN(C[C@@H](O)COC(=O)Nc1cccc2[nH]ccc12)S(=O)(=O)c1ccc([N+](=O)[O-])cc1. The predicted octanol–water partition coefficient (Wildman–Crippen LogP) is 3.33. The van der Waals surface area contributed by atoms with Crippen molar-refractivity contribution in [3.63, 3.8) is 0 Å². The molecule has 0 spiro atoms. The van der Waals surface area contributed by atoms with Gasteiger partial charge >= 0.3 is 6.09 Å². The number of ether oxygens (including phenoxy) is 1. The molecule has 3 aromatic rings. The highest BCUT2D eigenvalue weighted by Crippen LogP contribution is 2.23. The molecule has 0 saturated heterocycles. The zero-order valence-corrected chi connectivity index (χ0v) is 19.5. The molecule has 0 aliphatic heterocycles. The summed E-state index contributed by atoms with van der Waals surface area (Å²) in [4.78, 5) is 25.3. The fourth-order valence-corrected chi connectivity index (χ4v) is 5.01. The molecule has 12 heteroatoms. The van der Waals surface area contributed by atoms with Crippen LogP contribution < -0.4 is 5.32 Å². The Labute approximate surface area is 196 Å². The number of anilines is 1. The minimum absolute atomic E-state index is 0.0638. The average molecular weight is 491 g/mol. The van der Waals surface area contributed by atoms with E-state index in [2.05, 4.69) is 10.3 Å². The minimum atomic E-state index is -4.05. The predicted molar refractivity (Wildman–Crippen MR) is 126 cm³/mol. The Bertz CT molecular complexity index is 1260. The third-order valence-corrected chi connectivity index (χ3v) is 6.75. The molecule has 2 aromatic carbocycles. The van der Waals surface area contributed by atoms with Crippen LogP contribution in [0.4, 0.5) is 16.2 Å². The summed E-state index contributed by atoms with van der Waals surface area (Å²) in [6, 6.07) is 11.6. The van der Waals surface area contributed by atoms with Crippen LogP contribution >= 0.6 is 0 Å². The molecule has 182 valence electrons. The molecule has 1 amide bonds. The molecule has 0 radical (unpaired) electrons. The lowest BCUT2D eigenvalue weighted by atomic mass is 10.2. The van der Waals surface area contributed by atoms with Crippen LogP contribution in [0.3, 0.4) is 0 Å². The number of amides is 1. The van der Waals surface area contributed by atoms with Gasteiger partial charge in [0.2, 0.25) is 10.0 Å². The first-order chi connectivity index (χ1) is 16.1. The minimum Gasteiger partial charge on any atom is -0.447 e. The van der Waals surface area contributed by atoms with E-state index in [-0.39, 0.29) is 29.6 Å². The van der Waals surface area contributed by atoms with Crippen LogP contribution in [0, 0.1) is 16.0 Å². The van der Waals surface area contributed by atoms with Crippen molar-refractivity contribution >= 4 is 38.4 Å². The first kappa shape index (κ1) is 25.1. The van der Waals surface area contributed by atoms with Gasteiger partial charge in [0.05, 0.1) is 15.5 Å². The monoisotopic (exact) mass is 490 g/mol. The standard InChI is InChI=1S/C22H26N4O7S/c1-15(2)12-25(34(31,32)18-8-6-16(7-9-18)26(29)30)13-17(27)14-33-22(28)24-21-5-3-4-20-19(21)10-11-23-20/h3-11,15,17,23,27H,12-14H2,1-2H3,(H,24,28)/t17-/m1/s1. The Morgan fingerprint density at radius 1 is 1.18 bits per heavy atom. The van der Waals surface area contributed by atoms with E-state index in [1.807, 2.05) is 19.9 Å². The summed E-state index contributed by atoms with van der Waals surface area (Å²) >= 11 is 0. The molecule has 3 N–H and O–H groups in total. The van der Waals surface area contributed by atoms with Crippen molar-refractivity contribution in [2.45, 2.75) is 24.8 Å². The summed E-state index contributed by atoms with van der Waals surface area (Å²) in [7, 11) is -4.05. The van der Waals surface area contributed by atoms with Crippen molar-refractivity contribution in [1.29, 1.82) is 0 Å². The summed E-state index contributed by atoms with van der Waals surface area (Å²) in [5, 5.41) is 24.6. The number of nitro groups is 1. The highest BCUT2D eigenvalue weighted by Gasteiger charge is 2.28. The van der Waals surface area contributed by atoms with Gasteiger partial charge in [-0.3, -0.25) is 15.4 Å². The number of carbonyl (C=O) groups is 1. The number of nitro benzene ring substituents is 1. The average Bonchev–Trinajstić information content (AvgIpc) is 3.27. The molecule has 0 saturated carbocycles. The molecule has 11 nitrogen and oxygen atoms in total. The van der Waals surface area contributed by atoms with Gasteiger partial charge in [-0.15, -0.1) is 0 Å². The summed E-state index contributed by atoms with van der Waals surface area (Å²) in [6.07, 6.45) is -0.346. The van der Waals surface area contributed by atoms with Gasteiger partial charge in [0.25, 0.3) is 5.69 Å². The lowest BCUT2D eigenvalue weighted by Crippen LogP contribution is -2.41. The van der Waals surface area contributed by atoms with E-state index in [0.717, 1.165) is 39.5 Å². The van der Waals surface area contributed by atoms with Gasteiger partial charge in [0.15, 0.2) is 0 Å². The molecule has 0 unspecified atom stereocenters. The highest BCUT2D eigenvalue weighted by atomic mass is 32.2. The van der Waals surface area contributed by atoms with Crippen LogP contribution in [0.2, 0.25) is 0 Å². The van der Waals surface area contributed by atoms with E-state index >= 15 is 0 Å². The van der Waals surface area contributed by atoms with Gasteiger partial charge < -0.3 is 14.8 Å². The maximum absolute atomic E-state index is 13.1. The number of sulfonamides is 1. The van der Waals surface area contributed by atoms with Crippen LogP contribution in [-0.2, 0) is 14.8 Å². The van der Waals surface area contributed by atoms with Crippen molar-refractivity contribution < 1.29 is 28.0 Å². The number of rotatable bonds is 10. The van der Waals surface area contributed by atoms with Crippen LogP contribution in [-0.4, -0.2) is 59.6 Å². The van der Waals surface area contributed by atoms with Gasteiger partial charge in [0, 0.05) is 42.3 Å². The second-order valence-electron chi connectivity index (χ2n) is 8.09. The Morgan fingerprint density at radius 2 is 1.88 bits per heavy atom. The van der Waals surface area contributed by atoms with Crippen LogP contribution in [0.5, 0.6) is 0 Å². The van der Waals surface area contributed by atoms with Crippen LogP contribution in [0.1, 0.15) is 13.8 Å². The molecule has 1 heterocycles. The molecular weight excluding hydrogens is 464 g/mol. The molecule has 0 bridgehead atoms. The zero-order chi connectivity index (χ0) is 24.9. The number of benzene rings is 2. The van der Waals surface area contributed by atoms with E-state index < -0.39 is 33.8 Å². The van der Waals surface area contributed by atoms with E-state index in [1.165, 1.54) is 0 Å². The number of carbonyl (C=O) groups excluding carboxylic acids is 1. The number of aromatic nitrogens is 1. The first-order valence-corrected chi connectivity index (χ1v) is 11.9. The molecular formula is C22H26N4O7S. The molecule has 1 atom stereocenters. The Hall–Kier alpha value is -3.48. The molecule has 34 heavy (non-hydrogen) atoms. The topological polar surface area (TPSA) is 155 Å². The lowest BCUT2D eigenvalue weighted by Gasteiger charge is -2.26. The van der Waals surface area contributed by atoms with Crippen LogP contribution in [0.25, 0.3) is 10.9 Å². The third-order valence-electron chi connectivity index (χ3n) is 4.91. The first-order valence-electron chi connectivity index (χ1n) is 10.5. The van der Waals surface area contributed by atoms with Crippen molar-refractivity contribution in [2.75, 3.05) is 25.0 Å². The lowest BCUT2D eigenvalue weighted by molar-refractivity contribution is -0.384. The van der Waals surface area contributed by atoms with E-state index in [1.54, 1.807) is 24.4 Å². The number of hydrogen-bond donors (Lipinski definition) is 3. The fourth-order valence-electron chi connectivity index (χ4n) is 3.37. The largest absolute Gasteiger partial charge is 0.447 e. The van der Waals surface area contributed by atoms with Crippen molar-refractivity contribution in [1.82, 2.24) is 9.29 Å². The molecule has 0 fully saturated rings. The highest BCUT2D eigenvalue weighted by molar-refractivity contribution is 7.89. The number of aliphatic hydroxyl groups excluding tert-OH is 1. The number of nitrogens with zero attached hydrogens (tertiary/aromatic N) is 2. The van der Waals surface area contributed by atoms with E-state index in [4.69, 9.17) is 4.74 Å². The summed E-state index contributed by atoms with van der Waals surface area (Å²) in [6.45, 7) is 2.97. The van der Waals surface area contributed by atoms with E-state index in [9.17, 15) is 28.4 Å². The number of aliphatic hydroxyl groups is 1. The summed E-state index contributed by atoms with van der Waals surface area (Å²) in [5.74, 6) is -0.0638. The van der Waals surface area contributed by atoms with Crippen molar-refractivity contribution in [2.24, 2.45) is 5.92 Å². The molecule has 0 aliphatic rings. The summed E-state index contributed by atoms with van der Waals surface area (Å²) < 4.78 is 32.3. The number of nitrogens with one attached hydrogen (secondary N) is 2. The zero-order valence-electron chi connectivity index (χ0n) is 18.7. The Morgan fingerprint density at radius 3 is 2.53 bits per heavy atom. The molecule has 3 rings (SSSR count). The maximum atomic E-state index is 13.1. The Kier molecular flexibility index (Phi) is 7.87.